The maximum Gasteiger partial charge on any atom is 0.268 e. The van der Waals surface area contributed by atoms with Gasteiger partial charge in [-0.3, -0.25) is 4.79 Å². The minimum absolute atomic E-state index is 0.199. The lowest BCUT2D eigenvalue weighted by Gasteiger charge is -2.10. The van der Waals surface area contributed by atoms with Crippen molar-refractivity contribution >= 4 is 5.69 Å². The van der Waals surface area contributed by atoms with Gasteiger partial charge in [0.25, 0.3) is 5.56 Å². The monoisotopic (exact) mass is 225 g/mol. The second kappa shape index (κ2) is 5.65. The molecule has 5 heteroatoms. The molecule has 90 valence electrons. The number of aliphatic hydroxyl groups is 1. The second-order valence-electron chi connectivity index (χ2n) is 4.39. The van der Waals surface area contributed by atoms with Crippen molar-refractivity contribution in [3.05, 3.63) is 22.6 Å². The molecule has 1 aromatic rings. The zero-order valence-corrected chi connectivity index (χ0v) is 9.97. The molecule has 0 spiro atoms. The van der Waals surface area contributed by atoms with Gasteiger partial charge in [0, 0.05) is 12.6 Å². The first kappa shape index (κ1) is 12.7. The van der Waals surface area contributed by atoms with E-state index in [1.807, 2.05) is 0 Å². The highest BCUT2D eigenvalue weighted by Crippen LogP contribution is 2.02. The van der Waals surface area contributed by atoms with Crippen LogP contribution in [0.5, 0.6) is 0 Å². The van der Waals surface area contributed by atoms with E-state index >= 15 is 0 Å². The Morgan fingerprint density at radius 3 is 2.69 bits per heavy atom. The van der Waals surface area contributed by atoms with E-state index in [0.717, 1.165) is 12.2 Å². The quantitative estimate of drug-likeness (QED) is 0.773. The van der Waals surface area contributed by atoms with E-state index in [1.54, 1.807) is 13.1 Å². The van der Waals surface area contributed by atoms with Crippen LogP contribution in [0.15, 0.2) is 17.1 Å². The zero-order chi connectivity index (χ0) is 12.1. The van der Waals surface area contributed by atoms with E-state index < -0.39 is 6.10 Å². The third-order valence-electron chi connectivity index (χ3n) is 2.02. The molecule has 5 nitrogen and oxygen atoms in total. The molecule has 0 bridgehead atoms. The third kappa shape index (κ3) is 4.02. The van der Waals surface area contributed by atoms with Gasteiger partial charge in [-0.1, -0.05) is 13.8 Å². The Morgan fingerprint density at radius 2 is 2.19 bits per heavy atom. The number of nitrogens with zero attached hydrogens (tertiary/aromatic N) is 2. The average molecular weight is 225 g/mol. The first-order valence-corrected chi connectivity index (χ1v) is 5.48. The maximum absolute atomic E-state index is 11.6. The molecule has 1 rings (SSSR count). The molecule has 0 saturated heterocycles. The zero-order valence-electron chi connectivity index (χ0n) is 9.97. The SMILES string of the molecule is CC(C)CNc1cnn(CC(C)O)c(=O)c1. The van der Waals surface area contributed by atoms with Gasteiger partial charge in [0.1, 0.15) is 0 Å². The molecule has 1 aromatic heterocycles. The van der Waals surface area contributed by atoms with Gasteiger partial charge in [-0.15, -0.1) is 0 Å². The standard InChI is InChI=1S/C11H19N3O2/c1-8(2)5-12-10-4-11(16)14(13-6-10)7-9(3)15/h4,6,8-9,12,15H,5,7H2,1-3H3. The van der Waals surface area contributed by atoms with Gasteiger partial charge in [0.2, 0.25) is 0 Å². The lowest BCUT2D eigenvalue weighted by molar-refractivity contribution is 0.166. The van der Waals surface area contributed by atoms with Crippen molar-refractivity contribution in [1.29, 1.82) is 0 Å². The summed E-state index contributed by atoms with van der Waals surface area (Å²) in [5.74, 6) is 0.514. The van der Waals surface area contributed by atoms with Gasteiger partial charge in [0.05, 0.1) is 24.5 Å². The van der Waals surface area contributed by atoms with Crippen molar-refractivity contribution in [3.8, 4) is 0 Å². The van der Waals surface area contributed by atoms with Crippen molar-refractivity contribution in [2.24, 2.45) is 5.92 Å². The molecule has 1 heterocycles. The van der Waals surface area contributed by atoms with Crippen molar-refractivity contribution in [1.82, 2.24) is 9.78 Å². The molecule has 0 aromatic carbocycles. The van der Waals surface area contributed by atoms with E-state index in [4.69, 9.17) is 5.11 Å². The van der Waals surface area contributed by atoms with Crippen molar-refractivity contribution in [2.45, 2.75) is 33.4 Å². The summed E-state index contributed by atoms with van der Waals surface area (Å²) in [5, 5.41) is 16.3. The minimum atomic E-state index is -0.570. The van der Waals surface area contributed by atoms with Crippen LogP contribution < -0.4 is 10.9 Å². The summed E-state index contributed by atoms with van der Waals surface area (Å²) in [6.45, 7) is 6.84. The Balaban J connectivity index is 2.71. The molecule has 0 radical (unpaired) electrons. The first-order valence-electron chi connectivity index (χ1n) is 5.48. The molecule has 2 N–H and O–H groups in total. The molecule has 16 heavy (non-hydrogen) atoms. The van der Waals surface area contributed by atoms with E-state index in [2.05, 4.69) is 24.3 Å². The average Bonchev–Trinajstić information content (AvgIpc) is 2.18. The molecule has 0 saturated carbocycles. The number of hydrogen-bond donors (Lipinski definition) is 2. The summed E-state index contributed by atoms with van der Waals surface area (Å²) in [6, 6.07) is 1.50. The van der Waals surface area contributed by atoms with Crippen LogP contribution in [-0.2, 0) is 6.54 Å². The minimum Gasteiger partial charge on any atom is -0.391 e. The van der Waals surface area contributed by atoms with Crippen LogP contribution in [0, 0.1) is 5.92 Å². The van der Waals surface area contributed by atoms with Crippen LogP contribution in [0.2, 0.25) is 0 Å². The fraction of sp³-hybridized carbons (Fsp3) is 0.636. The van der Waals surface area contributed by atoms with Gasteiger partial charge in [-0.05, 0) is 12.8 Å². The predicted molar refractivity (Wildman–Crippen MR) is 63.5 cm³/mol. The summed E-state index contributed by atoms with van der Waals surface area (Å²) < 4.78 is 1.26. The molecule has 1 atom stereocenters. The molecule has 0 fully saturated rings. The number of hydrogen-bond acceptors (Lipinski definition) is 4. The van der Waals surface area contributed by atoms with Crippen LogP contribution in [0.3, 0.4) is 0 Å². The summed E-state index contributed by atoms with van der Waals surface area (Å²) in [5.41, 5.74) is 0.523. The van der Waals surface area contributed by atoms with Crippen molar-refractivity contribution < 1.29 is 5.11 Å². The highest BCUT2D eigenvalue weighted by atomic mass is 16.3. The van der Waals surface area contributed by atoms with Crippen LogP contribution in [-0.4, -0.2) is 27.5 Å². The van der Waals surface area contributed by atoms with E-state index in [1.165, 1.54) is 10.7 Å². The molecular formula is C11H19N3O2. The van der Waals surface area contributed by atoms with Gasteiger partial charge >= 0.3 is 0 Å². The van der Waals surface area contributed by atoms with Gasteiger partial charge in [-0.25, -0.2) is 4.68 Å². The van der Waals surface area contributed by atoms with E-state index in [9.17, 15) is 4.79 Å². The number of anilines is 1. The van der Waals surface area contributed by atoms with Crippen LogP contribution in [0.1, 0.15) is 20.8 Å². The van der Waals surface area contributed by atoms with Crippen LogP contribution in [0.4, 0.5) is 5.69 Å². The largest absolute Gasteiger partial charge is 0.391 e. The predicted octanol–water partition coefficient (Wildman–Crippen LogP) is 0.692. The topological polar surface area (TPSA) is 67.2 Å². The fourth-order valence-corrected chi connectivity index (χ4v) is 1.24. The summed E-state index contributed by atoms with van der Waals surface area (Å²) in [6.07, 6.45) is 1.03. The van der Waals surface area contributed by atoms with Gasteiger partial charge < -0.3 is 10.4 Å². The Morgan fingerprint density at radius 1 is 1.50 bits per heavy atom. The van der Waals surface area contributed by atoms with Gasteiger partial charge in [-0.2, -0.15) is 5.10 Å². The first-order chi connectivity index (χ1) is 7.49. The summed E-state index contributed by atoms with van der Waals surface area (Å²) in [7, 11) is 0. The number of rotatable bonds is 5. The second-order valence-corrected chi connectivity index (χ2v) is 4.39. The van der Waals surface area contributed by atoms with Crippen molar-refractivity contribution in [2.75, 3.05) is 11.9 Å². The molecule has 0 amide bonds. The molecule has 1 unspecified atom stereocenters. The molecule has 0 aliphatic carbocycles. The normalized spacial score (nSPS) is 12.8. The number of aromatic nitrogens is 2. The molecular weight excluding hydrogens is 206 g/mol. The highest BCUT2D eigenvalue weighted by molar-refractivity contribution is 5.38. The third-order valence-corrected chi connectivity index (χ3v) is 2.02. The van der Waals surface area contributed by atoms with Crippen molar-refractivity contribution in [3.63, 3.8) is 0 Å². The van der Waals surface area contributed by atoms with Gasteiger partial charge in [0.15, 0.2) is 0 Å². The Bertz CT molecular complexity index is 385. The van der Waals surface area contributed by atoms with Crippen LogP contribution >= 0.6 is 0 Å². The van der Waals surface area contributed by atoms with Crippen LogP contribution in [0.25, 0.3) is 0 Å². The highest BCUT2D eigenvalue weighted by Gasteiger charge is 2.03. The maximum atomic E-state index is 11.6. The lowest BCUT2D eigenvalue weighted by atomic mass is 10.2. The molecule has 0 aliphatic rings. The molecule has 0 aliphatic heterocycles. The smallest absolute Gasteiger partial charge is 0.268 e. The lowest BCUT2D eigenvalue weighted by Crippen LogP contribution is -2.27. The van der Waals surface area contributed by atoms with E-state index in [0.29, 0.717) is 5.92 Å². The number of aliphatic hydroxyl groups excluding tert-OH is 1. The Kier molecular flexibility index (Phi) is 4.49. The number of nitrogens with one attached hydrogen (secondary N) is 1. The van der Waals surface area contributed by atoms with E-state index in [-0.39, 0.29) is 12.1 Å². The fourth-order valence-electron chi connectivity index (χ4n) is 1.24. The Labute approximate surface area is 95.1 Å². The summed E-state index contributed by atoms with van der Waals surface area (Å²) >= 11 is 0. The Hall–Kier alpha value is -1.36. The summed E-state index contributed by atoms with van der Waals surface area (Å²) in [4.78, 5) is 11.6.